The summed E-state index contributed by atoms with van der Waals surface area (Å²) in [4.78, 5) is 15.4. The number of carbonyl (C=O) groups excluding carboxylic acids is 1. The Balaban J connectivity index is 2.44. The first kappa shape index (κ1) is 12.3. The number of rotatable bonds is 5. The fraction of sp³-hybridized carbons (Fsp3) is 0.400. The average Bonchev–Trinajstić information content (AvgIpc) is 2.25. The topological polar surface area (TPSA) is 42.0 Å². The molecule has 5 heteroatoms. The lowest BCUT2D eigenvalue weighted by atomic mass is 10.2. The summed E-state index contributed by atoms with van der Waals surface area (Å²) in [5, 5.41) is 3.05. The van der Waals surface area contributed by atoms with Gasteiger partial charge < -0.3 is 5.32 Å². The van der Waals surface area contributed by atoms with E-state index in [9.17, 15) is 4.79 Å². The predicted molar refractivity (Wildman–Crippen MR) is 64.6 cm³/mol. The van der Waals surface area contributed by atoms with Gasteiger partial charge in [0, 0.05) is 12.7 Å². The summed E-state index contributed by atoms with van der Waals surface area (Å²) in [6, 6.07) is 3.36. The van der Waals surface area contributed by atoms with E-state index in [2.05, 4.69) is 10.3 Å². The molecule has 0 aliphatic rings. The van der Waals surface area contributed by atoms with Gasteiger partial charge in [-0.1, -0.05) is 11.6 Å². The van der Waals surface area contributed by atoms with Crippen molar-refractivity contribution in [3.63, 3.8) is 0 Å². The number of hydrogen-bond donors (Lipinski definition) is 1. The van der Waals surface area contributed by atoms with Crippen molar-refractivity contribution in [3.05, 3.63) is 29.0 Å². The van der Waals surface area contributed by atoms with Crippen molar-refractivity contribution < 1.29 is 4.79 Å². The van der Waals surface area contributed by atoms with E-state index in [-0.39, 0.29) is 11.1 Å². The maximum Gasteiger partial charge on any atom is 0.254 e. The lowest BCUT2D eigenvalue weighted by molar-refractivity contribution is 0.0953. The summed E-state index contributed by atoms with van der Waals surface area (Å²) >= 11 is 7.55. The Morgan fingerprint density at radius 1 is 1.67 bits per heavy atom. The average molecular weight is 245 g/mol. The van der Waals surface area contributed by atoms with Crippen LogP contribution in [0.5, 0.6) is 0 Å². The number of nitrogens with one attached hydrogen (secondary N) is 1. The Kier molecular flexibility index (Phi) is 5.50. The van der Waals surface area contributed by atoms with Crippen molar-refractivity contribution in [2.75, 3.05) is 18.6 Å². The van der Waals surface area contributed by atoms with Crippen LogP contribution in [0, 0.1) is 0 Å². The van der Waals surface area contributed by atoms with E-state index in [0.717, 1.165) is 12.2 Å². The SMILES string of the molecule is CSCCCNC(=O)c1cccnc1Cl. The molecule has 0 fully saturated rings. The van der Waals surface area contributed by atoms with Crippen molar-refractivity contribution in [1.82, 2.24) is 10.3 Å². The van der Waals surface area contributed by atoms with E-state index >= 15 is 0 Å². The molecule has 0 saturated heterocycles. The van der Waals surface area contributed by atoms with Crippen molar-refractivity contribution in [1.29, 1.82) is 0 Å². The lowest BCUT2D eigenvalue weighted by Gasteiger charge is -2.05. The van der Waals surface area contributed by atoms with E-state index in [4.69, 9.17) is 11.6 Å². The molecule has 0 aromatic carbocycles. The summed E-state index contributed by atoms with van der Waals surface area (Å²) in [5.74, 6) is 0.885. The first-order valence-corrected chi connectivity index (χ1v) is 6.40. The number of pyridine rings is 1. The first-order chi connectivity index (χ1) is 7.25. The number of carbonyl (C=O) groups is 1. The summed E-state index contributed by atoms with van der Waals surface area (Å²) in [5.41, 5.74) is 0.434. The number of thioether (sulfide) groups is 1. The Hall–Kier alpha value is -0.740. The summed E-state index contributed by atoms with van der Waals surface area (Å²) < 4.78 is 0. The Morgan fingerprint density at radius 2 is 2.47 bits per heavy atom. The van der Waals surface area contributed by atoms with Crippen LogP contribution in [0.3, 0.4) is 0 Å². The maximum atomic E-state index is 11.6. The van der Waals surface area contributed by atoms with Gasteiger partial charge in [0.2, 0.25) is 0 Å². The monoisotopic (exact) mass is 244 g/mol. The molecular formula is C10H13ClN2OS. The second kappa shape index (κ2) is 6.69. The molecule has 1 rings (SSSR count). The molecule has 0 bridgehead atoms. The summed E-state index contributed by atoms with van der Waals surface area (Å²) in [6.45, 7) is 0.672. The molecule has 0 spiro atoms. The quantitative estimate of drug-likeness (QED) is 0.638. The summed E-state index contributed by atoms with van der Waals surface area (Å²) in [6.07, 6.45) is 4.57. The molecule has 0 aliphatic heterocycles. The first-order valence-electron chi connectivity index (χ1n) is 4.63. The molecule has 1 aromatic rings. The van der Waals surface area contributed by atoms with Crippen LogP contribution in [-0.4, -0.2) is 29.4 Å². The Labute approximate surface area is 98.6 Å². The van der Waals surface area contributed by atoms with Crippen molar-refractivity contribution in [2.24, 2.45) is 0 Å². The molecule has 3 nitrogen and oxygen atoms in total. The predicted octanol–water partition coefficient (Wildman–Crippen LogP) is 2.22. The van der Waals surface area contributed by atoms with Crippen LogP contribution in [0.2, 0.25) is 5.15 Å². The minimum Gasteiger partial charge on any atom is -0.352 e. The maximum absolute atomic E-state index is 11.6. The number of halogens is 1. The molecule has 1 amide bonds. The van der Waals surface area contributed by atoms with Gasteiger partial charge in [0.15, 0.2) is 0 Å². The van der Waals surface area contributed by atoms with Crippen LogP contribution in [0.4, 0.5) is 0 Å². The van der Waals surface area contributed by atoms with E-state index < -0.39 is 0 Å². The van der Waals surface area contributed by atoms with Crippen LogP contribution in [0.1, 0.15) is 16.8 Å². The largest absolute Gasteiger partial charge is 0.352 e. The van der Waals surface area contributed by atoms with E-state index in [1.807, 2.05) is 6.26 Å². The van der Waals surface area contributed by atoms with E-state index in [1.54, 1.807) is 30.1 Å². The smallest absolute Gasteiger partial charge is 0.254 e. The molecule has 15 heavy (non-hydrogen) atoms. The van der Waals surface area contributed by atoms with Crippen LogP contribution in [0.25, 0.3) is 0 Å². The fourth-order valence-electron chi connectivity index (χ4n) is 1.07. The minimum absolute atomic E-state index is 0.158. The highest BCUT2D eigenvalue weighted by Gasteiger charge is 2.08. The number of aromatic nitrogens is 1. The minimum atomic E-state index is -0.158. The summed E-state index contributed by atoms with van der Waals surface area (Å²) in [7, 11) is 0. The van der Waals surface area contributed by atoms with Crippen LogP contribution in [-0.2, 0) is 0 Å². The Morgan fingerprint density at radius 3 is 3.13 bits per heavy atom. The molecule has 1 N–H and O–H groups in total. The third-order valence-corrected chi connectivity index (χ3v) is 2.81. The molecule has 0 unspecified atom stereocenters. The number of amides is 1. The van der Waals surface area contributed by atoms with Gasteiger partial charge in [0.1, 0.15) is 5.15 Å². The van der Waals surface area contributed by atoms with Crippen molar-refractivity contribution in [2.45, 2.75) is 6.42 Å². The third-order valence-electron chi connectivity index (χ3n) is 1.81. The molecule has 1 heterocycles. The molecule has 1 aromatic heterocycles. The molecule has 0 radical (unpaired) electrons. The van der Waals surface area contributed by atoms with E-state index in [0.29, 0.717) is 12.1 Å². The molecule has 0 saturated carbocycles. The lowest BCUT2D eigenvalue weighted by Crippen LogP contribution is -2.25. The molecule has 0 aliphatic carbocycles. The second-order valence-corrected chi connectivity index (χ2v) is 4.29. The normalized spacial score (nSPS) is 10.0. The van der Waals surface area contributed by atoms with Crippen molar-refractivity contribution in [3.8, 4) is 0 Å². The number of nitrogens with zero attached hydrogens (tertiary/aromatic N) is 1. The van der Waals surface area contributed by atoms with E-state index in [1.165, 1.54) is 0 Å². The molecule has 0 atom stereocenters. The third kappa shape index (κ3) is 4.10. The van der Waals surface area contributed by atoms with Gasteiger partial charge in [-0.15, -0.1) is 0 Å². The van der Waals surface area contributed by atoms with Crippen LogP contribution in [0.15, 0.2) is 18.3 Å². The highest BCUT2D eigenvalue weighted by atomic mass is 35.5. The zero-order valence-electron chi connectivity index (χ0n) is 8.50. The molecule has 82 valence electrons. The fourth-order valence-corrected chi connectivity index (χ4v) is 1.71. The Bertz CT molecular complexity index is 333. The highest BCUT2D eigenvalue weighted by molar-refractivity contribution is 7.98. The van der Waals surface area contributed by atoms with Gasteiger partial charge in [0.25, 0.3) is 5.91 Å². The highest BCUT2D eigenvalue weighted by Crippen LogP contribution is 2.10. The van der Waals surface area contributed by atoms with Gasteiger partial charge in [-0.2, -0.15) is 11.8 Å². The van der Waals surface area contributed by atoms with Gasteiger partial charge in [-0.3, -0.25) is 4.79 Å². The van der Waals surface area contributed by atoms with Gasteiger partial charge in [0.05, 0.1) is 5.56 Å². The van der Waals surface area contributed by atoms with Crippen LogP contribution < -0.4 is 5.32 Å². The standard InChI is InChI=1S/C10H13ClN2OS/c1-15-7-3-6-13-10(14)8-4-2-5-12-9(8)11/h2,4-5H,3,6-7H2,1H3,(H,13,14). The zero-order valence-corrected chi connectivity index (χ0v) is 10.1. The zero-order chi connectivity index (χ0) is 11.1. The van der Waals surface area contributed by atoms with Gasteiger partial charge >= 0.3 is 0 Å². The number of hydrogen-bond acceptors (Lipinski definition) is 3. The van der Waals surface area contributed by atoms with Gasteiger partial charge in [-0.05, 0) is 30.6 Å². The van der Waals surface area contributed by atoms with Crippen LogP contribution >= 0.6 is 23.4 Å². The molecular weight excluding hydrogens is 232 g/mol. The second-order valence-electron chi connectivity index (χ2n) is 2.94. The van der Waals surface area contributed by atoms with Gasteiger partial charge in [-0.25, -0.2) is 4.98 Å². The van der Waals surface area contributed by atoms with Crippen molar-refractivity contribution >= 4 is 29.3 Å².